The van der Waals surface area contributed by atoms with E-state index < -0.39 is 0 Å². The van der Waals surface area contributed by atoms with Crippen LogP contribution in [0.3, 0.4) is 0 Å². The number of amides is 1. The van der Waals surface area contributed by atoms with E-state index in [0.717, 1.165) is 49.5 Å². The van der Waals surface area contributed by atoms with Crippen molar-refractivity contribution >= 4 is 23.3 Å². The maximum atomic E-state index is 12.4. The Bertz CT molecular complexity index is 731. The maximum absolute atomic E-state index is 12.4. The van der Waals surface area contributed by atoms with Crippen LogP contribution >= 0.6 is 11.6 Å². The van der Waals surface area contributed by atoms with Crippen LogP contribution in [0.25, 0.3) is 0 Å². The van der Waals surface area contributed by atoms with E-state index in [1.165, 1.54) is 0 Å². The summed E-state index contributed by atoms with van der Waals surface area (Å²) in [5, 5.41) is 0.836. The summed E-state index contributed by atoms with van der Waals surface area (Å²) in [6.45, 7) is 3.49. The number of piperidine rings is 1. The van der Waals surface area contributed by atoms with Gasteiger partial charge in [-0.3, -0.25) is 14.6 Å². The number of rotatable bonds is 6. The molecule has 0 saturated carbocycles. The molecule has 0 bridgehead atoms. The van der Waals surface area contributed by atoms with Gasteiger partial charge in [-0.1, -0.05) is 23.8 Å². The molecule has 0 spiro atoms. The van der Waals surface area contributed by atoms with Crippen LogP contribution in [0.4, 0.5) is 0 Å². The average Bonchev–Trinajstić information content (AvgIpc) is 2.69. The summed E-state index contributed by atoms with van der Waals surface area (Å²) in [6.07, 6.45) is 12.7. The first-order valence-corrected chi connectivity index (χ1v) is 10.2. The quantitative estimate of drug-likeness (QED) is 0.667. The van der Waals surface area contributed by atoms with Gasteiger partial charge in [0.1, 0.15) is 0 Å². The Hall–Kier alpha value is -1.94. The molecule has 1 fully saturated rings. The summed E-state index contributed by atoms with van der Waals surface area (Å²) >= 11 is 5.98. The number of aromatic nitrogens is 1. The lowest BCUT2D eigenvalue weighted by Gasteiger charge is -2.33. The highest BCUT2D eigenvalue weighted by molar-refractivity contribution is 6.31. The standard InChI is InChI=1S/C22H27ClN2O2/c1-16-2-5-19(15-24-16)21(26)8-9-22(27)25-12-10-18(11-13-25)14-17-3-6-20(23)7-4-17/h2-3,5-7,15,17-18H,4,8-14H2,1H3. The van der Waals surface area contributed by atoms with Crippen LogP contribution in [-0.4, -0.2) is 34.7 Å². The van der Waals surface area contributed by atoms with Crippen molar-refractivity contribution in [1.82, 2.24) is 9.88 Å². The topological polar surface area (TPSA) is 50.3 Å². The Kier molecular flexibility index (Phi) is 6.84. The molecule has 2 heterocycles. The zero-order chi connectivity index (χ0) is 19.2. The lowest BCUT2D eigenvalue weighted by atomic mass is 9.84. The van der Waals surface area contributed by atoms with Crippen LogP contribution in [0.1, 0.15) is 54.6 Å². The van der Waals surface area contributed by atoms with Gasteiger partial charge >= 0.3 is 0 Å². The number of ketones is 1. The molecule has 3 rings (SSSR count). The molecule has 1 aliphatic carbocycles. The molecule has 0 radical (unpaired) electrons. The number of carbonyl (C=O) groups excluding carboxylic acids is 2. The van der Waals surface area contributed by atoms with Crippen molar-refractivity contribution in [2.24, 2.45) is 11.8 Å². The number of hydrogen-bond acceptors (Lipinski definition) is 3. The van der Waals surface area contributed by atoms with Gasteiger partial charge in [0.25, 0.3) is 0 Å². The largest absolute Gasteiger partial charge is 0.343 e. The molecule has 1 aromatic heterocycles. The Morgan fingerprint density at radius 1 is 1.22 bits per heavy atom. The van der Waals surface area contributed by atoms with Crippen molar-refractivity contribution in [3.8, 4) is 0 Å². The Morgan fingerprint density at radius 3 is 2.63 bits per heavy atom. The average molecular weight is 387 g/mol. The predicted octanol–water partition coefficient (Wildman–Crippen LogP) is 4.68. The third kappa shape index (κ3) is 5.77. The van der Waals surface area contributed by atoms with Gasteiger partial charge in [-0.25, -0.2) is 0 Å². The number of Topliss-reactive ketones (excluding diaryl/α,β-unsaturated/α-hetero) is 1. The molecule has 1 aliphatic heterocycles. The van der Waals surface area contributed by atoms with Crippen molar-refractivity contribution in [3.63, 3.8) is 0 Å². The van der Waals surface area contributed by atoms with Crippen LogP contribution in [0.15, 0.2) is 41.6 Å². The summed E-state index contributed by atoms with van der Waals surface area (Å²) in [5.74, 6) is 1.31. The van der Waals surface area contributed by atoms with Gasteiger partial charge < -0.3 is 4.90 Å². The fourth-order valence-electron chi connectivity index (χ4n) is 3.82. The molecular weight excluding hydrogens is 360 g/mol. The molecule has 1 unspecified atom stereocenters. The van der Waals surface area contributed by atoms with Crippen LogP contribution in [0, 0.1) is 18.8 Å². The summed E-state index contributed by atoms with van der Waals surface area (Å²) in [4.78, 5) is 30.7. The molecule has 1 saturated heterocycles. The third-order valence-corrected chi connectivity index (χ3v) is 5.83. The Labute approximate surface area is 166 Å². The molecular formula is C22H27ClN2O2. The third-order valence-electron chi connectivity index (χ3n) is 5.55. The van der Waals surface area contributed by atoms with E-state index in [-0.39, 0.29) is 24.5 Å². The van der Waals surface area contributed by atoms with Gasteiger partial charge in [0.2, 0.25) is 5.91 Å². The van der Waals surface area contributed by atoms with Crippen molar-refractivity contribution in [1.29, 1.82) is 0 Å². The first-order valence-electron chi connectivity index (χ1n) is 9.79. The van der Waals surface area contributed by atoms with E-state index in [4.69, 9.17) is 11.6 Å². The second-order valence-corrected chi connectivity index (χ2v) is 8.05. The van der Waals surface area contributed by atoms with Gasteiger partial charge in [-0.2, -0.15) is 0 Å². The molecule has 1 aromatic rings. The van der Waals surface area contributed by atoms with Gasteiger partial charge in [-0.05, 0) is 62.7 Å². The maximum Gasteiger partial charge on any atom is 0.223 e. The van der Waals surface area contributed by atoms with Crippen LogP contribution < -0.4 is 0 Å². The molecule has 1 amide bonds. The van der Waals surface area contributed by atoms with E-state index in [2.05, 4.69) is 17.1 Å². The predicted molar refractivity (Wildman–Crippen MR) is 108 cm³/mol. The van der Waals surface area contributed by atoms with Gasteiger partial charge in [0, 0.05) is 48.4 Å². The van der Waals surface area contributed by atoms with E-state index in [9.17, 15) is 9.59 Å². The van der Waals surface area contributed by atoms with Gasteiger partial charge in [0.05, 0.1) is 0 Å². The SMILES string of the molecule is Cc1ccc(C(=O)CCC(=O)N2CCC(CC3C=CC(Cl)=CC3)CC2)cn1. The zero-order valence-corrected chi connectivity index (χ0v) is 16.6. The number of nitrogens with zero attached hydrogens (tertiary/aromatic N) is 2. The number of carbonyl (C=O) groups is 2. The molecule has 0 aromatic carbocycles. The van der Waals surface area contributed by atoms with Crippen LogP contribution in [-0.2, 0) is 4.79 Å². The Balaban J connectivity index is 1.39. The highest BCUT2D eigenvalue weighted by Crippen LogP contribution is 2.30. The number of likely N-dealkylation sites (tertiary alicyclic amines) is 1. The number of allylic oxidation sites excluding steroid dienone is 4. The number of hydrogen-bond donors (Lipinski definition) is 0. The smallest absolute Gasteiger partial charge is 0.223 e. The van der Waals surface area contributed by atoms with Gasteiger partial charge in [0.15, 0.2) is 5.78 Å². The number of pyridine rings is 1. The highest BCUT2D eigenvalue weighted by atomic mass is 35.5. The fourth-order valence-corrected chi connectivity index (χ4v) is 3.98. The monoisotopic (exact) mass is 386 g/mol. The minimum atomic E-state index is -0.0125. The fraction of sp³-hybridized carbons (Fsp3) is 0.500. The lowest BCUT2D eigenvalue weighted by Crippen LogP contribution is -2.38. The Morgan fingerprint density at radius 2 is 2.00 bits per heavy atom. The summed E-state index contributed by atoms with van der Waals surface area (Å²) < 4.78 is 0. The first kappa shape index (κ1) is 19.8. The lowest BCUT2D eigenvalue weighted by molar-refractivity contribution is -0.132. The van der Waals surface area contributed by atoms with Crippen molar-refractivity contribution in [3.05, 3.63) is 52.8 Å². The van der Waals surface area contributed by atoms with Crippen molar-refractivity contribution in [2.75, 3.05) is 13.1 Å². The molecule has 2 aliphatic rings. The molecule has 27 heavy (non-hydrogen) atoms. The molecule has 1 atom stereocenters. The van der Waals surface area contributed by atoms with E-state index in [0.29, 0.717) is 17.4 Å². The summed E-state index contributed by atoms with van der Waals surface area (Å²) in [5.41, 5.74) is 1.47. The van der Waals surface area contributed by atoms with E-state index >= 15 is 0 Å². The van der Waals surface area contributed by atoms with Crippen LogP contribution in [0.5, 0.6) is 0 Å². The second kappa shape index (κ2) is 9.32. The molecule has 5 heteroatoms. The van der Waals surface area contributed by atoms with E-state index in [1.807, 2.05) is 24.0 Å². The van der Waals surface area contributed by atoms with Crippen molar-refractivity contribution in [2.45, 2.75) is 45.4 Å². The van der Waals surface area contributed by atoms with Crippen LogP contribution in [0.2, 0.25) is 0 Å². The van der Waals surface area contributed by atoms with E-state index in [1.54, 1.807) is 12.3 Å². The van der Waals surface area contributed by atoms with Gasteiger partial charge in [-0.15, -0.1) is 0 Å². The minimum absolute atomic E-state index is 0.0125. The molecule has 144 valence electrons. The highest BCUT2D eigenvalue weighted by Gasteiger charge is 2.25. The molecule has 0 N–H and O–H groups in total. The molecule has 4 nitrogen and oxygen atoms in total. The second-order valence-electron chi connectivity index (χ2n) is 7.62. The normalized spacial score (nSPS) is 20.4. The summed E-state index contributed by atoms with van der Waals surface area (Å²) in [7, 11) is 0. The minimum Gasteiger partial charge on any atom is -0.343 e. The summed E-state index contributed by atoms with van der Waals surface area (Å²) in [6, 6.07) is 3.60. The first-order chi connectivity index (χ1) is 13.0. The number of aryl methyl sites for hydroxylation is 1. The van der Waals surface area contributed by atoms with Crippen molar-refractivity contribution < 1.29 is 9.59 Å². The zero-order valence-electron chi connectivity index (χ0n) is 15.9. The number of halogens is 1.